The van der Waals surface area contributed by atoms with Crippen LogP contribution in [0.5, 0.6) is 0 Å². The number of nitrogens with zero attached hydrogens (tertiary/aromatic N) is 3. The fourth-order valence-electron chi connectivity index (χ4n) is 3.90. The molecule has 0 amide bonds. The molecule has 1 N–H and O–H groups in total. The Morgan fingerprint density at radius 2 is 1.83 bits per heavy atom. The van der Waals surface area contributed by atoms with Gasteiger partial charge in [-0.3, -0.25) is 0 Å². The molecule has 1 aromatic carbocycles. The van der Waals surface area contributed by atoms with Gasteiger partial charge in [-0.25, -0.2) is 4.98 Å². The van der Waals surface area contributed by atoms with Gasteiger partial charge in [0, 0.05) is 30.9 Å². The number of fused-ring (bicyclic) bond motifs is 1. The summed E-state index contributed by atoms with van der Waals surface area (Å²) in [5.41, 5.74) is 3.93. The van der Waals surface area contributed by atoms with E-state index in [1.54, 1.807) is 0 Å². The number of aryl methyl sites for hydroxylation is 1. The number of anilines is 2. The van der Waals surface area contributed by atoms with Crippen molar-refractivity contribution >= 4 is 11.8 Å². The van der Waals surface area contributed by atoms with E-state index in [1.807, 2.05) is 0 Å². The molecule has 1 aliphatic carbocycles. The Morgan fingerprint density at radius 3 is 2.67 bits per heavy atom. The van der Waals surface area contributed by atoms with Crippen LogP contribution in [-0.2, 0) is 13.0 Å². The minimum absolute atomic E-state index is 0.537. The summed E-state index contributed by atoms with van der Waals surface area (Å²) in [7, 11) is 0. The Hall–Kier alpha value is -2.10. The summed E-state index contributed by atoms with van der Waals surface area (Å²) in [5.74, 6) is 1.85. The SMILES string of the molecule is Cc1cc(N2CCc3ccccc3C2)nc(NC2CCCCC2)n1. The zero-order valence-electron chi connectivity index (χ0n) is 14.5. The van der Waals surface area contributed by atoms with Crippen LogP contribution in [0.2, 0.25) is 0 Å². The summed E-state index contributed by atoms with van der Waals surface area (Å²) in [6.07, 6.45) is 7.57. The van der Waals surface area contributed by atoms with Crippen molar-refractivity contribution < 1.29 is 0 Å². The van der Waals surface area contributed by atoms with Gasteiger partial charge < -0.3 is 10.2 Å². The molecule has 0 spiro atoms. The van der Waals surface area contributed by atoms with Crippen LogP contribution < -0.4 is 10.2 Å². The fraction of sp³-hybridized carbons (Fsp3) is 0.500. The van der Waals surface area contributed by atoms with Gasteiger partial charge in [0.2, 0.25) is 5.95 Å². The van der Waals surface area contributed by atoms with Crippen LogP contribution >= 0.6 is 0 Å². The largest absolute Gasteiger partial charge is 0.352 e. The highest BCUT2D eigenvalue weighted by atomic mass is 15.2. The van der Waals surface area contributed by atoms with Crippen molar-refractivity contribution in [3.05, 3.63) is 47.2 Å². The number of rotatable bonds is 3. The average Bonchev–Trinajstić information content (AvgIpc) is 2.62. The first-order valence-corrected chi connectivity index (χ1v) is 9.22. The van der Waals surface area contributed by atoms with Gasteiger partial charge in [0.15, 0.2) is 0 Å². The first kappa shape index (κ1) is 15.4. The molecular formula is C20H26N4. The van der Waals surface area contributed by atoms with Crippen molar-refractivity contribution in [3.63, 3.8) is 0 Å². The molecule has 4 rings (SSSR count). The van der Waals surface area contributed by atoms with Crippen LogP contribution in [0, 0.1) is 6.92 Å². The lowest BCUT2D eigenvalue weighted by Crippen LogP contribution is -2.31. The quantitative estimate of drug-likeness (QED) is 0.924. The molecule has 4 heteroatoms. The van der Waals surface area contributed by atoms with E-state index in [4.69, 9.17) is 4.98 Å². The Kier molecular flexibility index (Phi) is 4.37. The van der Waals surface area contributed by atoms with Crippen molar-refractivity contribution in [1.82, 2.24) is 9.97 Å². The molecule has 4 nitrogen and oxygen atoms in total. The minimum Gasteiger partial charge on any atom is -0.352 e. The molecule has 2 heterocycles. The summed E-state index contributed by atoms with van der Waals surface area (Å²) in [6, 6.07) is 11.4. The number of hydrogen-bond donors (Lipinski definition) is 1. The van der Waals surface area contributed by atoms with Crippen molar-refractivity contribution in [2.75, 3.05) is 16.8 Å². The maximum Gasteiger partial charge on any atom is 0.225 e. The summed E-state index contributed by atoms with van der Waals surface area (Å²) < 4.78 is 0. The van der Waals surface area contributed by atoms with Crippen molar-refractivity contribution in [3.8, 4) is 0 Å². The minimum atomic E-state index is 0.537. The second-order valence-electron chi connectivity index (χ2n) is 7.11. The predicted octanol–water partition coefficient (Wildman–Crippen LogP) is 4.09. The van der Waals surface area contributed by atoms with E-state index < -0.39 is 0 Å². The first-order valence-electron chi connectivity index (χ1n) is 9.22. The smallest absolute Gasteiger partial charge is 0.225 e. The standard InChI is InChI=1S/C20H26N4/c1-15-13-19(23-20(21-15)22-18-9-3-2-4-10-18)24-12-11-16-7-5-6-8-17(16)14-24/h5-8,13,18H,2-4,9-12,14H2,1H3,(H,21,22,23). The van der Waals surface area contributed by atoms with E-state index in [1.165, 1.54) is 43.2 Å². The summed E-state index contributed by atoms with van der Waals surface area (Å²) in [6.45, 7) is 4.03. The third kappa shape index (κ3) is 3.37. The molecule has 1 aliphatic heterocycles. The third-order valence-corrected chi connectivity index (χ3v) is 5.23. The zero-order valence-corrected chi connectivity index (χ0v) is 14.5. The van der Waals surface area contributed by atoms with Crippen molar-refractivity contribution in [1.29, 1.82) is 0 Å². The summed E-state index contributed by atoms with van der Waals surface area (Å²) >= 11 is 0. The van der Waals surface area contributed by atoms with Gasteiger partial charge in [-0.15, -0.1) is 0 Å². The first-order chi connectivity index (χ1) is 11.8. The van der Waals surface area contributed by atoms with Crippen LogP contribution in [0.1, 0.15) is 48.9 Å². The van der Waals surface area contributed by atoms with Crippen LogP contribution in [0.4, 0.5) is 11.8 Å². The Labute approximate surface area is 144 Å². The maximum atomic E-state index is 4.83. The lowest BCUT2D eigenvalue weighted by Gasteiger charge is -2.30. The van der Waals surface area contributed by atoms with Crippen LogP contribution in [0.25, 0.3) is 0 Å². The Bertz CT molecular complexity index is 707. The highest BCUT2D eigenvalue weighted by Crippen LogP contribution is 2.25. The molecule has 0 unspecified atom stereocenters. The normalized spacial score (nSPS) is 18.3. The third-order valence-electron chi connectivity index (χ3n) is 5.23. The average molecular weight is 322 g/mol. The van der Waals surface area contributed by atoms with E-state index in [2.05, 4.69) is 52.5 Å². The van der Waals surface area contributed by atoms with E-state index in [-0.39, 0.29) is 0 Å². The van der Waals surface area contributed by atoms with Gasteiger partial charge in [0.1, 0.15) is 5.82 Å². The highest BCUT2D eigenvalue weighted by molar-refractivity contribution is 5.48. The van der Waals surface area contributed by atoms with Gasteiger partial charge in [0.05, 0.1) is 0 Å². The molecule has 0 radical (unpaired) electrons. The topological polar surface area (TPSA) is 41.1 Å². The van der Waals surface area contributed by atoms with Gasteiger partial charge in [-0.05, 0) is 37.3 Å². The molecule has 24 heavy (non-hydrogen) atoms. The monoisotopic (exact) mass is 322 g/mol. The second kappa shape index (κ2) is 6.80. The molecule has 0 bridgehead atoms. The Morgan fingerprint density at radius 1 is 1.04 bits per heavy atom. The predicted molar refractivity (Wildman–Crippen MR) is 98.5 cm³/mol. The van der Waals surface area contributed by atoms with Crippen LogP contribution in [0.15, 0.2) is 30.3 Å². The second-order valence-corrected chi connectivity index (χ2v) is 7.11. The summed E-state index contributed by atoms with van der Waals surface area (Å²) in [5, 5.41) is 3.57. The summed E-state index contributed by atoms with van der Waals surface area (Å²) in [4.78, 5) is 11.8. The lowest BCUT2D eigenvalue weighted by molar-refractivity contribution is 0.460. The molecular weight excluding hydrogens is 296 g/mol. The number of aromatic nitrogens is 2. The number of hydrogen-bond acceptors (Lipinski definition) is 4. The van der Waals surface area contributed by atoms with E-state index in [9.17, 15) is 0 Å². The lowest BCUT2D eigenvalue weighted by atomic mass is 9.96. The van der Waals surface area contributed by atoms with Crippen molar-refractivity contribution in [2.45, 2.75) is 58.0 Å². The Balaban J connectivity index is 1.53. The van der Waals surface area contributed by atoms with Gasteiger partial charge in [-0.2, -0.15) is 4.98 Å². The highest BCUT2D eigenvalue weighted by Gasteiger charge is 2.19. The fourth-order valence-corrected chi connectivity index (χ4v) is 3.90. The molecule has 0 saturated heterocycles. The zero-order chi connectivity index (χ0) is 16.4. The van der Waals surface area contributed by atoms with E-state index >= 15 is 0 Å². The van der Waals surface area contributed by atoms with Gasteiger partial charge >= 0.3 is 0 Å². The maximum absolute atomic E-state index is 4.83. The van der Waals surface area contributed by atoms with E-state index in [0.29, 0.717) is 6.04 Å². The van der Waals surface area contributed by atoms with Crippen LogP contribution in [0.3, 0.4) is 0 Å². The van der Waals surface area contributed by atoms with E-state index in [0.717, 1.165) is 37.0 Å². The van der Waals surface area contributed by atoms with Crippen molar-refractivity contribution in [2.24, 2.45) is 0 Å². The molecule has 0 atom stereocenters. The molecule has 1 saturated carbocycles. The van der Waals surface area contributed by atoms with Crippen LogP contribution in [-0.4, -0.2) is 22.6 Å². The number of nitrogens with one attached hydrogen (secondary N) is 1. The molecule has 2 aliphatic rings. The molecule has 2 aromatic rings. The van der Waals surface area contributed by atoms with Gasteiger partial charge in [0.25, 0.3) is 0 Å². The van der Waals surface area contributed by atoms with Gasteiger partial charge in [-0.1, -0.05) is 43.5 Å². The molecule has 1 fully saturated rings. The number of benzene rings is 1. The molecule has 126 valence electrons. The molecule has 1 aromatic heterocycles.